The Bertz CT molecular complexity index is 446. The Balaban J connectivity index is 1.59. The molecule has 0 aliphatic heterocycles. The third-order valence-electron chi connectivity index (χ3n) is 3.92. The Morgan fingerprint density at radius 3 is 2.84 bits per heavy atom. The molecule has 2 aliphatic rings. The first-order chi connectivity index (χ1) is 9.26. The van der Waals surface area contributed by atoms with Gasteiger partial charge in [-0.1, -0.05) is 6.92 Å². The molecule has 2 aliphatic carbocycles. The SMILES string of the molecule is CCNC(c1ccn(CC(=O)NC2CC2)c1)C1CC1. The maximum Gasteiger partial charge on any atom is 0.240 e. The standard InChI is InChI=1S/C15H23N3O/c1-2-16-15(11-3-4-11)12-7-8-18(9-12)10-14(19)17-13-5-6-13/h7-9,11,13,15-16H,2-6,10H2,1H3,(H,17,19). The fraction of sp³-hybridized carbons (Fsp3) is 0.667. The van der Waals surface area contributed by atoms with E-state index in [2.05, 4.69) is 29.8 Å². The van der Waals surface area contributed by atoms with Gasteiger partial charge in [0.15, 0.2) is 0 Å². The van der Waals surface area contributed by atoms with Crippen molar-refractivity contribution >= 4 is 5.91 Å². The van der Waals surface area contributed by atoms with Crippen LogP contribution in [0.5, 0.6) is 0 Å². The number of rotatable bonds is 7. The largest absolute Gasteiger partial charge is 0.352 e. The van der Waals surface area contributed by atoms with Gasteiger partial charge in [0.2, 0.25) is 5.91 Å². The predicted molar refractivity (Wildman–Crippen MR) is 74.7 cm³/mol. The summed E-state index contributed by atoms with van der Waals surface area (Å²) in [5.41, 5.74) is 1.32. The average molecular weight is 261 g/mol. The van der Waals surface area contributed by atoms with Gasteiger partial charge in [-0.15, -0.1) is 0 Å². The van der Waals surface area contributed by atoms with E-state index in [1.54, 1.807) is 0 Å². The number of carbonyl (C=O) groups is 1. The Morgan fingerprint density at radius 1 is 1.42 bits per heavy atom. The highest BCUT2D eigenvalue weighted by Crippen LogP contribution is 2.40. The Kier molecular flexibility index (Phi) is 3.60. The molecule has 0 bridgehead atoms. The summed E-state index contributed by atoms with van der Waals surface area (Å²) in [6, 6.07) is 3.07. The number of nitrogens with one attached hydrogen (secondary N) is 2. The van der Waals surface area contributed by atoms with Gasteiger partial charge in [0.05, 0.1) is 0 Å². The zero-order valence-electron chi connectivity index (χ0n) is 11.6. The minimum absolute atomic E-state index is 0.135. The topological polar surface area (TPSA) is 46.1 Å². The smallest absolute Gasteiger partial charge is 0.240 e. The van der Waals surface area contributed by atoms with E-state index in [0.717, 1.165) is 25.3 Å². The number of aromatic nitrogens is 1. The van der Waals surface area contributed by atoms with E-state index in [1.165, 1.54) is 18.4 Å². The zero-order chi connectivity index (χ0) is 13.2. The summed E-state index contributed by atoms with van der Waals surface area (Å²) in [5, 5.41) is 6.58. The number of nitrogens with zero attached hydrogens (tertiary/aromatic N) is 1. The molecule has 3 rings (SSSR count). The molecule has 0 aromatic carbocycles. The third-order valence-corrected chi connectivity index (χ3v) is 3.92. The van der Waals surface area contributed by atoms with E-state index in [9.17, 15) is 4.79 Å². The van der Waals surface area contributed by atoms with Crippen molar-refractivity contribution in [3.63, 3.8) is 0 Å². The molecule has 2 saturated carbocycles. The van der Waals surface area contributed by atoms with Crippen LogP contribution < -0.4 is 10.6 Å². The molecule has 1 aromatic rings. The van der Waals surface area contributed by atoms with Crippen LogP contribution in [0, 0.1) is 5.92 Å². The van der Waals surface area contributed by atoms with Crippen LogP contribution in [0.1, 0.15) is 44.2 Å². The van der Waals surface area contributed by atoms with Crippen molar-refractivity contribution in [3.05, 3.63) is 24.0 Å². The lowest BCUT2D eigenvalue weighted by atomic mass is 10.1. The predicted octanol–water partition coefficient (Wildman–Crippen LogP) is 1.83. The lowest BCUT2D eigenvalue weighted by molar-refractivity contribution is -0.121. The minimum Gasteiger partial charge on any atom is -0.352 e. The van der Waals surface area contributed by atoms with Crippen molar-refractivity contribution in [2.75, 3.05) is 6.54 Å². The molecule has 0 spiro atoms. The zero-order valence-corrected chi connectivity index (χ0v) is 11.6. The summed E-state index contributed by atoms with van der Waals surface area (Å²) in [6.07, 6.45) is 9.09. The van der Waals surface area contributed by atoms with Gasteiger partial charge in [-0.2, -0.15) is 0 Å². The molecule has 104 valence electrons. The van der Waals surface area contributed by atoms with Gasteiger partial charge in [0, 0.05) is 24.5 Å². The summed E-state index contributed by atoms with van der Waals surface area (Å²) in [4.78, 5) is 11.8. The van der Waals surface area contributed by atoms with Crippen LogP contribution in [0.25, 0.3) is 0 Å². The van der Waals surface area contributed by atoms with Crippen molar-refractivity contribution in [1.82, 2.24) is 15.2 Å². The van der Waals surface area contributed by atoms with Crippen LogP contribution in [0.2, 0.25) is 0 Å². The number of hydrogen-bond donors (Lipinski definition) is 2. The number of carbonyl (C=O) groups excluding carboxylic acids is 1. The lowest BCUT2D eigenvalue weighted by Gasteiger charge is -2.15. The maximum absolute atomic E-state index is 11.8. The summed E-state index contributed by atoms with van der Waals surface area (Å²) >= 11 is 0. The second kappa shape index (κ2) is 5.37. The van der Waals surface area contributed by atoms with Crippen molar-refractivity contribution in [3.8, 4) is 0 Å². The van der Waals surface area contributed by atoms with E-state index in [-0.39, 0.29) is 5.91 Å². The highest BCUT2D eigenvalue weighted by Gasteiger charge is 2.32. The summed E-state index contributed by atoms with van der Waals surface area (Å²) < 4.78 is 2.00. The monoisotopic (exact) mass is 261 g/mol. The molecule has 1 aromatic heterocycles. The van der Waals surface area contributed by atoms with E-state index >= 15 is 0 Å². The van der Waals surface area contributed by atoms with Gasteiger partial charge in [-0.3, -0.25) is 4.79 Å². The Labute approximate surface area is 114 Å². The molecular weight excluding hydrogens is 238 g/mol. The van der Waals surface area contributed by atoms with Crippen molar-refractivity contribution in [2.45, 2.75) is 51.2 Å². The van der Waals surface area contributed by atoms with E-state index in [1.807, 2.05) is 10.8 Å². The second-order valence-electron chi connectivity index (χ2n) is 5.83. The number of hydrogen-bond acceptors (Lipinski definition) is 2. The fourth-order valence-electron chi connectivity index (χ4n) is 2.61. The van der Waals surface area contributed by atoms with Gasteiger partial charge >= 0.3 is 0 Å². The Hall–Kier alpha value is -1.29. The molecule has 4 heteroatoms. The molecule has 1 atom stereocenters. The van der Waals surface area contributed by atoms with Gasteiger partial charge in [-0.05, 0) is 49.8 Å². The Morgan fingerprint density at radius 2 is 2.21 bits per heavy atom. The molecular formula is C15H23N3O. The molecule has 4 nitrogen and oxygen atoms in total. The highest BCUT2D eigenvalue weighted by atomic mass is 16.2. The van der Waals surface area contributed by atoms with Gasteiger partial charge < -0.3 is 15.2 Å². The molecule has 19 heavy (non-hydrogen) atoms. The summed E-state index contributed by atoms with van der Waals surface area (Å²) in [7, 11) is 0. The molecule has 2 N–H and O–H groups in total. The normalized spacial score (nSPS) is 20.3. The minimum atomic E-state index is 0.135. The van der Waals surface area contributed by atoms with Crippen LogP contribution in [0.4, 0.5) is 0 Å². The molecule has 1 amide bonds. The fourth-order valence-corrected chi connectivity index (χ4v) is 2.61. The molecule has 1 unspecified atom stereocenters. The van der Waals surface area contributed by atoms with Crippen LogP contribution in [-0.2, 0) is 11.3 Å². The van der Waals surface area contributed by atoms with Crippen molar-refractivity contribution in [1.29, 1.82) is 0 Å². The average Bonchev–Trinajstić information content (AvgIpc) is 3.28. The number of amides is 1. The first-order valence-electron chi connectivity index (χ1n) is 7.44. The summed E-state index contributed by atoms with van der Waals surface area (Å²) in [5.74, 6) is 0.923. The summed E-state index contributed by atoms with van der Waals surface area (Å²) in [6.45, 7) is 3.59. The van der Waals surface area contributed by atoms with E-state index in [0.29, 0.717) is 18.6 Å². The second-order valence-corrected chi connectivity index (χ2v) is 5.83. The molecule has 0 saturated heterocycles. The van der Waals surface area contributed by atoms with Crippen molar-refractivity contribution in [2.24, 2.45) is 5.92 Å². The van der Waals surface area contributed by atoms with Crippen molar-refractivity contribution < 1.29 is 4.79 Å². The molecule has 2 fully saturated rings. The van der Waals surface area contributed by atoms with Gasteiger partial charge in [0.1, 0.15) is 6.54 Å². The van der Waals surface area contributed by atoms with Crippen LogP contribution >= 0.6 is 0 Å². The lowest BCUT2D eigenvalue weighted by Crippen LogP contribution is -2.29. The molecule has 0 radical (unpaired) electrons. The maximum atomic E-state index is 11.8. The van der Waals surface area contributed by atoms with E-state index < -0.39 is 0 Å². The van der Waals surface area contributed by atoms with E-state index in [4.69, 9.17) is 0 Å². The highest BCUT2D eigenvalue weighted by molar-refractivity contribution is 5.76. The molecule has 1 heterocycles. The first kappa shape index (κ1) is 12.7. The van der Waals surface area contributed by atoms with Crippen LogP contribution in [0.15, 0.2) is 18.5 Å². The quantitative estimate of drug-likeness (QED) is 0.786. The third kappa shape index (κ3) is 3.38. The van der Waals surface area contributed by atoms with Crippen LogP contribution in [0.3, 0.4) is 0 Å². The van der Waals surface area contributed by atoms with Gasteiger partial charge in [0.25, 0.3) is 0 Å². The van der Waals surface area contributed by atoms with Gasteiger partial charge in [-0.25, -0.2) is 0 Å². The van der Waals surface area contributed by atoms with Crippen LogP contribution in [-0.4, -0.2) is 23.1 Å². The first-order valence-corrected chi connectivity index (χ1v) is 7.44.